The highest BCUT2D eigenvalue weighted by Crippen LogP contribution is 2.44. The van der Waals surface area contributed by atoms with Crippen LogP contribution in [0.1, 0.15) is 210 Å². The number of unbranched alkanes of at least 4 members (excludes halogenated alkanes) is 20. The van der Waals surface area contributed by atoms with E-state index in [2.05, 4.69) is 134 Å². The second kappa shape index (κ2) is 31.9. The van der Waals surface area contributed by atoms with Gasteiger partial charge in [-0.3, -0.25) is 4.79 Å². The minimum absolute atomic E-state index is 0.0779. The van der Waals surface area contributed by atoms with E-state index in [1.807, 2.05) is 12.1 Å². The zero-order chi connectivity index (χ0) is 54.9. The van der Waals surface area contributed by atoms with Gasteiger partial charge in [0, 0.05) is 75.8 Å². The van der Waals surface area contributed by atoms with Crippen LogP contribution in [0.2, 0.25) is 0 Å². The van der Waals surface area contributed by atoms with E-state index in [9.17, 15) is 20.1 Å². The van der Waals surface area contributed by atoms with Crippen molar-refractivity contribution >= 4 is 45.5 Å². The fraction of sp³-hybridized carbons (Fsp3) is 0.444. The van der Waals surface area contributed by atoms with Crippen LogP contribution in [-0.2, 0) is 30.5 Å². The van der Waals surface area contributed by atoms with Gasteiger partial charge in [-0.2, -0.15) is 4.58 Å². The number of hydrogen-bond acceptors (Lipinski definition) is 5. The predicted octanol–water partition coefficient (Wildman–Crippen LogP) is 19.4. The Morgan fingerprint density at radius 1 is 0.423 bits per heavy atom. The number of Topliss-reactive ketones (excluding diaryl/α,β-unsaturated/α-hetero) is 1. The lowest BCUT2D eigenvalue weighted by molar-refractivity contribution is -0.297. The molecule has 414 valence electrons. The molecule has 0 bridgehead atoms. The SMILES string of the molecule is CCCCCCCCc1ccc(N(c2ccc(CCCCCCCC)cc2)c2ccc(C3=C([O-])/C(=C4/C=CC(=[N+](c5ccc(CCCCCCCC)cc5)c5ccc(CCCCCCCC)cc5)C=C4O)C3=O)c(O)c2)cc1. The van der Waals surface area contributed by atoms with Gasteiger partial charge >= 0.3 is 0 Å². The van der Waals surface area contributed by atoms with Crippen LogP contribution in [0.15, 0.2) is 156 Å². The summed E-state index contributed by atoms with van der Waals surface area (Å²) in [7, 11) is 0. The molecule has 0 unspecified atom stereocenters. The molecule has 2 aliphatic carbocycles. The summed E-state index contributed by atoms with van der Waals surface area (Å²) in [5.74, 6) is -1.30. The maximum absolute atomic E-state index is 14.2. The molecule has 0 saturated heterocycles. The number of carbonyl (C=O) groups excluding carboxylic acids is 1. The number of allylic oxidation sites excluding steroid dienone is 5. The topological polar surface area (TPSA) is 86.8 Å². The fourth-order valence-electron chi connectivity index (χ4n) is 11.2. The number of rotatable bonds is 34. The summed E-state index contributed by atoms with van der Waals surface area (Å²) >= 11 is 0. The lowest BCUT2D eigenvalue weighted by Crippen LogP contribution is -2.31. The fourth-order valence-corrected chi connectivity index (χ4v) is 11.2. The predicted molar refractivity (Wildman–Crippen MR) is 329 cm³/mol. The molecule has 7 rings (SSSR count). The third-order valence-corrected chi connectivity index (χ3v) is 16.0. The minimum atomic E-state index is -0.497. The van der Waals surface area contributed by atoms with Crippen LogP contribution in [0.25, 0.3) is 5.57 Å². The maximum Gasteiger partial charge on any atom is 0.215 e. The Morgan fingerprint density at radius 3 is 1.14 bits per heavy atom. The van der Waals surface area contributed by atoms with E-state index >= 15 is 0 Å². The molecule has 6 heteroatoms. The normalized spacial score (nSPS) is 14.3. The summed E-state index contributed by atoms with van der Waals surface area (Å²) in [6.07, 6.45) is 39.5. The third-order valence-electron chi connectivity index (χ3n) is 16.0. The van der Waals surface area contributed by atoms with Crippen LogP contribution in [0, 0.1) is 0 Å². The number of hydrogen-bond donors (Lipinski definition) is 2. The third kappa shape index (κ3) is 16.8. The molecule has 0 heterocycles. The maximum atomic E-state index is 14.2. The van der Waals surface area contributed by atoms with E-state index in [0.29, 0.717) is 11.4 Å². The molecule has 5 aromatic rings. The molecule has 0 spiro atoms. The van der Waals surface area contributed by atoms with Gasteiger partial charge in [-0.25, -0.2) is 0 Å². The molecule has 0 aromatic heterocycles. The number of aliphatic hydroxyl groups is 1. The van der Waals surface area contributed by atoms with E-state index in [0.717, 1.165) is 48.4 Å². The van der Waals surface area contributed by atoms with E-state index < -0.39 is 11.5 Å². The van der Waals surface area contributed by atoms with Crippen LogP contribution in [0.3, 0.4) is 0 Å². The van der Waals surface area contributed by atoms with Gasteiger partial charge < -0.3 is 20.2 Å². The molecular formula is C72H92N2O4. The van der Waals surface area contributed by atoms with Crippen LogP contribution in [0.4, 0.5) is 28.4 Å². The Labute approximate surface area is 470 Å². The molecule has 0 radical (unpaired) electrons. The number of aromatic hydroxyl groups is 1. The summed E-state index contributed by atoms with van der Waals surface area (Å²) in [6, 6.07) is 40.0. The van der Waals surface area contributed by atoms with Crippen molar-refractivity contribution in [1.82, 2.24) is 4.58 Å². The zero-order valence-electron chi connectivity index (χ0n) is 48.1. The summed E-state index contributed by atoms with van der Waals surface area (Å²) in [6.45, 7) is 9.01. The van der Waals surface area contributed by atoms with E-state index in [1.165, 1.54) is 176 Å². The molecule has 0 amide bonds. The molecule has 2 N–H and O–H groups in total. The highest BCUT2D eigenvalue weighted by atomic mass is 16.3. The van der Waals surface area contributed by atoms with E-state index in [4.69, 9.17) is 0 Å². The first-order valence-electron chi connectivity index (χ1n) is 30.7. The summed E-state index contributed by atoms with van der Waals surface area (Å²) in [4.78, 5) is 16.3. The van der Waals surface area contributed by atoms with Gasteiger partial charge in [0.25, 0.3) is 0 Å². The van der Waals surface area contributed by atoms with Gasteiger partial charge in [-0.05, 0) is 116 Å². The van der Waals surface area contributed by atoms with Crippen LogP contribution in [-0.4, -0.2) is 21.7 Å². The number of anilines is 3. The highest BCUT2D eigenvalue weighted by Gasteiger charge is 2.35. The van der Waals surface area contributed by atoms with Crippen molar-refractivity contribution in [2.75, 3.05) is 4.90 Å². The molecular weight excluding hydrogens is 957 g/mol. The quantitative estimate of drug-likeness (QED) is 0.0244. The van der Waals surface area contributed by atoms with Crippen molar-refractivity contribution in [1.29, 1.82) is 0 Å². The van der Waals surface area contributed by atoms with Crippen molar-refractivity contribution in [3.8, 4) is 5.75 Å². The Balaban J connectivity index is 1.13. The number of aliphatic hydroxyl groups excluding tert-OH is 1. The first kappa shape index (κ1) is 59.3. The lowest BCUT2D eigenvalue weighted by atomic mass is 9.79. The van der Waals surface area contributed by atoms with Gasteiger partial charge in [-0.1, -0.05) is 210 Å². The van der Waals surface area contributed by atoms with Crippen LogP contribution in [0.5, 0.6) is 5.75 Å². The van der Waals surface area contributed by atoms with Gasteiger partial charge in [-0.15, -0.1) is 0 Å². The summed E-state index contributed by atoms with van der Waals surface area (Å²) in [5, 5.41) is 37.7. The Hall–Kier alpha value is -6.40. The van der Waals surface area contributed by atoms with Gasteiger partial charge in [0.1, 0.15) is 11.5 Å². The Kier molecular flexibility index (Phi) is 24.2. The number of benzene rings is 5. The summed E-state index contributed by atoms with van der Waals surface area (Å²) < 4.78 is 2.12. The molecule has 0 atom stereocenters. The summed E-state index contributed by atoms with van der Waals surface area (Å²) in [5.41, 5.74) is 10.7. The van der Waals surface area contributed by atoms with Crippen molar-refractivity contribution in [3.63, 3.8) is 0 Å². The Morgan fingerprint density at radius 2 is 0.782 bits per heavy atom. The number of carbonyl (C=O) groups is 1. The molecule has 6 nitrogen and oxygen atoms in total. The van der Waals surface area contributed by atoms with Gasteiger partial charge in [0.15, 0.2) is 5.78 Å². The van der Waals surface area contributed by atoms with Crippen molar-refractivity contribution in [2.24, 2.45) is 0 Å². The molecule has 0 fully saturated rings. The van der Waals surface area contributed by atoms with Crippen molar-refractivity contribution in [3.05, 3.63) is 184 Å². The molecule has 2 aliphatic rings. The second-order valence-electron chi connectivity index (χ2n) is 22.2. The Bertz CT molecular complexity index is 2690. The average Bonchev–Trinajstić information content (AvgIpc) is 3.55. The van der Waals surface area contributed by atoms with E-state index in [1.54, 1.807) is 24.3 Å². The number of nitrogens with zero attached hydrogens (tertiary/aromatic N) is 2. The van der Waals surface area contributed by atoms with Crippen molar-refractivity contribution < 1.29 is 20.1 Å². The van der Waals surface area contributed by atoms with E-state index in [-0.39, 0.29) is 33.8 Å². The standard InChI is InChI=1S/C72H92N2O4/c1-5-9-13-17-21-25-29-55-33-41-59(42-34-55)73(60-43-35-56(36-44-60)30-26-22-18-14-10-6-2)63-49-51-65(67(75)53-63)69-71(77)70(72(69)78)66-52-50-64(54-68(66)76)74(61-45-37-57(38-46-61)31-27-23-19-15-11-7-3)62-47-39-58(40-48-62)32-28-24-20-16-12-8-4/h33-54H,5-32H2,1-4H3,(H2,75,76,77,78). The van der Waals surface area contributed by atoms with Crippen LogP contribution < -0.4 is 14.6 Å². The smallest absolute Gasteiger partial charge is 0.215 e. The van der Waals surface area contributed by atoms with Gasteiger partial charge in [0.2, 0.25) is 17.1 Å². The second-order valence-corrected chi connectivity index (χ2v) is 22.2. The largest absolute Gasteiger partial charge is 0.871 e. The number of phenols is 1. The van der Waals surface area contributed by atoms with Crippen molar-refractivity contribution in [2.45, 2.75) is 207 Å². The minimum Gasteiger partial charge on any atom is -0.871 e. The molecule has 78 heavy (non-hydrogen) atoms. The monoisotopic (exact) mass is 1050 g/mol. The number of ketones is 1. The number of aryl methyl sites for hydroxylation is 4. The van der Waals surface area contributed by atoms with Gasteiger partial charge in [0.05, 0.1) is 6.08 Å². The highest BCUT2D eigenvalue weighted by molar-refractivity contribution is 6.40. The first-order valence-corrected chi connectivity index (χ1v) is 30.7. The lowest BCUT2D eigenvalue weighted by Gasteiger charge is -2.33. The van der Waals surface area contributed by atoms with Crippen LogP contribution >= 0.6 is 0 Å². The molecule has 5 aromatic carbocycles. The zero-order valence-corrected chi connectivity index (χ0v) is 48.1. The average molecular weight is 1050 g/mol. The molecule has 0 saturated carbocycles. The first-order chi connectivity index (χ1) is 38.2. The molecule has 0 aliphatic heterocycles. The number of phenolic OH excluding ortho intramolecular Hbond substituents is 1.